The minimum absolute atomic E-state index is 0.0596. The van der Waals surface area contributed by atoms with Crippen molar-refractivity contribution in [1.82, 2.24) is 9.78 Å². The van der Waals surface area contributed by atoms with Crippen LogP contribution in [0.4, 0.5) is 0 Å². The van der Waals surface area contributed by atoms with Gasteiger partial charge in [-0.2, -0.15) is 18.7 Å². The second kappa shape index (κ2) is 3.04. The number of hydrogen-bond acceptors (Lipinski definition) is 4. The van der Waals surface area contributed by atoms with E-state index < -0.39 is 10.3 Å². The first kappa shape index (κ1) is 9.49. The average molecular weight is 256 g/mol. The van der Waals surface area contributed by atoms with Gasteiger partial charge in [0.15, 0.2) is 0 Å². The number of nitrogens with zero attached hydrogens (tertiary/aromatic N) is 2. The van der Waals surface area contributed by atoms with Crippen molar-refractivity contribution in [3.63, 3.8) is 0 Å². The van der Waals surface area contributed by atoms with Gasteiger partial charge in [0.05, 0.1) is 0 Å². The minimum atomic E-state index is -3.97. The number of nitrogens with two attached hydrogens (primary N) is 1. The van der Waals surface area contributed by atoms with Crippen LogP contribution >= 0.6 is 15.9 Å². The Balaban J connectivity index is 2.97. The Morgan fingerprint density at radius 3 is 2.67 bits per heavy atom. The summed E-state index contributed by atoms with van der Waals surface area (Å²) in [5, 5.41) is 8.42. The molecule has 1 heterocycles. The van der Waals surface area contributed by atoms with Crippen molar-refractivity contribution >= 4 is 26.2 Å². The van der Waals surface area contributed by atoms with E-state index in [0.717, 1.165) is 0 Å². The Morgan fingerprint density at radius 1 is 1.75 bits per heavy atom. The van der Waals surface area contributed by atoms with Crippen LogP contribution in [0.3, 0.4) is 0 Å². The number of hydrogen-bond donors (Lipinski definition) is 1. The standard InChI is InChI=1S/C4H6BrN3O3S/c1-8-4(2-3(5)7-8)11-12(6,9)10/h2H,1H3,(H2,6,9,10). The third kappa shape index (κ3) is 2.47. The molecule has 0 aliphatic carbocycles. The zero-order valence-electron chi connectivity index (χ0n) is 6.06. The maximum Gasteiger partial charge on any atom is 0.381 e. The van der Waals surface area contributed by atoms with Gasteiger partial charge >= 0.3 is 10.3 Å². The highest BCUT2D eigenvalue weighted by atomic mass is 79.9. The van der Waals surface area contributed by atoms with Gasteiger partial charge in [0, 0.05) is 13.1 Å². The van der Waals surface area contributed by atoms with Crippen LogP contribution in [-0.4, -0.2) is 18.2 Å². The zero-order valence-corrected chi connectivity index (χ0v) is 8.46. The second-order valence-corrected chi connectivity index (χ2v) is 3.97. The van der Waals surface area contributed by atoms with Crippen molar-refractivity contribution in [1.29, 1.82) is 0 Å². The molecule has 8 heteroatoms. The van der Waals surface area contributed by atoms with E-state index in [2.05, 4.69) is 30.4 Å². The first-order valence-electron chi connectivity index (χ1n) is 2.80. The third-order valence-corrected chi connectivity index (χ3v) is 1.80. The van der Waals surface area contributed by atoms with Crippen LogP contribution in [0.25, 0.3) is 0 Å². The Hall–Kier alpha value is -0.600. The van der Waals surface area contributed by atoms with Crippen molar-refractivity contribution in [2.24, 2.45) is 12.2 Å². The van der Waals surface area contributed by atoms with E-state index in [1.807, 2.05) is 0 Å². The normalized spacial score (nSPS) is 11.6. The molecule has 6 nitrogen and oxygen atoms in total. The molecule has 1 aromatic heterocycles. The Bertz CT molecular complexity index is 384. The summed E-state index contributed by atoms with van der Waals surface area (Å²) < 4.78 is 27.0. The molecule has 0 saturated carbocycles. The predicted octanol–water partition coefficient (Wildman–Crippen LogP) is -0.235. The fourth-order valence-corrected chi connectivity index (χ4v) is 1.44. The van der Waals surface area contributed by atoms with Crippen molar-refractivity contribution in [3.8, 4) is 5.88 Å². The Morgan fingerprint density at radius 2 is 2.33 bits per heavy atom. The molecule has 0 aliphatic rings. The number of halogens is 1. The maximum absolute atomic E-state index is 10.5. The fraction of sp³-hybridized carbons (Fsp3) is 0.250. The Kier molecular flexibility index (Phi) is 2.40. The molecule has 1 rings (SSSR count). The summed E-state index contributed by atoms with van der Waals surface area (Å²) in [4.78, 5) is 0. The van der Waals surface area contributed by atoms with E-state index in [-0.39, 0.29) is 5.88 Å². The van der Waals surface area contributed by atoms with E-state index in [4.69, 9.17) is 0 Å². The molecule has 0 amide bonds. The zero-order chi connectivity index (χ0) is 9.35. The molecule has 0 bridgehead atoms. The van der Waals surface area contributed by atoms with Crippen molar-refractivity contribution in [3.05, 3.63) is 10.7 Å². The summed E-state index contributed by atoms with van der Waals surface area (Å²) in [5.41, 5.74) is 0. The van der Waals surface area contributed by atoms with Gasteiger partial charge in [0.1, 0.15) is 4.60 Å². The van der Waals surface area contributed by atoms with Crippen LogP contribution in [-0.2, 0) is 17.4 Å². The highest BCUT2D eigenvalue weighted by Gasteiger charge is 2.10. The second-order valence-electron chi connectivity index (χ2n) is 2.01. The Labute approximate surface area is 77.7 Å². The molecule has 0 aliphatic heterocycles. The van der Waals surface area contributed by atoms with E-state index >= 15 is 0 Å². The lowest BCUT2D eigenvalue weighted by atomic mass is 10.7. The smallest absolute Gasteiger partial charge is 0.351 e. The topological polar surface area (TPSA) is 87.2 Å². The molecule has 0 aromatic carbocycles. The summed E-state index contributed by atoms with van der Waals surface area (Å²) in [6.07, 6.45) is 0. The van der Waals surface area contributed by atoms with Gasteiger partial charge in [0.25, 0.3) is 0 Å². The molecule has 0 spiro atoms. The quantitative estimate of drug-likeness (QED) is 0.791. The minimum Gasteiger partial charge on any atom is -0.351 e. The van der Waals surface area contributed by atoms with Crippen molar-refractivity contribution in [2.75, 3.05) is 0 Å². The molecule has 0 atom stereocenters. The highest BCUT2D eigenvalue weighted by Crippen LogP contribution is 2.16. The van der Waals surface area contributed by atoms with Gasteiger partial charge in [-0.25, -0.2) is 4.68 Å². The van der Waals surface area contributed by atoms with Gasteiger partial charge < -0.3 is 4.18 Å². The average Bonchev–Trinajstić information content (AvgIpc) is 2.06. The lowest BCUT2D eigenvalue weighted by molar-refractivity contribution is 0.456. The predicted molar refractivity (Wildman–Crippen MR) is 44.6 cm³/mol. The van der Waals surface area contributed by atoms with Gasteiger partial charge in [-0.1, -0.05) is 0 Å². The summed E-state index contributed by atoms with van der Waals surface area (Å²) in [6, 6.07) is 1.39. The van der Waals surface area contributed by atoms with Crippen LogP contribution in [0.15, 0.2) is 10.7 Å². The summed E-state index contributed by atoms with van der Waals surface area (Å²) in [7, 11) is -2.44. The highest BCUT2D eigenvalue weighted by molar-refractivity contribution is 9.10. The molecule has 0 radical (unpaired) electrons. The molecule has 12 heavy (non-hydrogen) atoms. The summed E-state index contributed by atoms with van der Waals surface area (Å²) >= 11 is 3.04. The molecule has 0 unspecified atom stereocenters. The van der Waals surface area contributed by atoms with Gasteiger partial charge in [-0.15, -0.1) is 0 Å². The maximum atomic E-state index is 10.5. The molecule has 1 aromatic rings. The first-order chi connectivity index (χ1) is 5.38. The van der Waals surface area contributed by atoms with E-state index in [1.165, 1.54) is 17.8 Å². The van der Waals surface area contributed by atoms with Crippen LogP contribution in [0.1, 0.15) is 0 Å². The summed E-state index contributed by atoms with van der Waals surface area (Å²) in [5.74, 6) is 0.0596. The van der Waals surface area contributed by atoms with Crippen molar-refractivity contribution in [2.45, 2.75) is 0 Å². The number of aryl methyl sites for hydroxylation is 1. The van der Waals surface area contributed by atoms with Gasteiger partial charge in [-0.05, 0) is 15.9 Å². The van der Waals surface area contributed by atoms with E-state index in [0.29, 0.717) is 4.60 Å². The molecule has 0 saturated heterocycles. The largest absolute Gasteiger partial charge is 0.381 e. The lowest BCUT2D eigenvalue weighted by Crippen LogP contribution is -2.20. The lowest BCUT2D eigenvalue weighted by Gasteiger charge is -1.99. The fourth-order valence-electron chi connectivity index (χ4n) is 0.614. The molecule has 2 N–H and O–H groups in total. The molecule has 68 valence electrons. The SMILES string of the molecule is Cn1nc(Br)cc1OS(N)(=O)=O. The number of aromatic nitrogens is 2. The van der Waals surface area contributed by atoms with Gasteiger partial charge in [-0.3, -0.25) is 0 Å². The van der Waals surface area contributed by atoms with Crippen LogP contribution in [0.5, 0.6) is 5.88 Å². The van der Waals surface area contributed by atoms with E-state index in [9.17, 15) is 8.42 Å². The van der Waals surface area contributed by atoms with Crippen LogP contribution in [0, 0.1) is 0 Å². The third-order valence-electron chi connectivity index (χ3n) is 1.01. The van der Waals surface area contributed by atoms with Crippen LogP contribution < -0.4 is 9.32 Å². The number of rotatable bonds is 2. The van der Waals surface area contributed by atoms with E-state index in [1.54, 1.807) is 0 Å². The molecule has 0 fully saturated rings. The molecular formula is C4H6BrN3O3S. The summed E-state index contributed by atoms with van der Waals surface area (Å²) in [6.45, 7) is 0. The monoisotopic (exact) mass is 255 g/mol. The van der Waals surface area contributed by atoms with Gasteiger partial charge in [0.2, 0.25) is 5.88 Å². The first-order valence-corrected chi connectivity index (χ1v) is 5.06. The molecular weight excluding hydrogens is 250 g/mol. The van der Waals surface area contributed by atoms with Crippen LogP contribution in [0.2, 0.25) is 0 Å². The van der Waals surface area contributed by atoms with Crippen molar-refractivity contribution < 1.29 is 12.6 Å².